The summed E-state index contributed by atoms with van der Waals surface area (Å²) in [4.78, 5) is 56.8. The number of benzene rings is 2. The van der Waals surface area contributed by atoms with Gasteiger partial charge in [-0.25, -0.2) is 29.1 Å². The zero-order valence-electron chi connectivity index (χ0n) is 27.1. The van der Waals surface area contributed by atoms with Crippen molar-refractivity contribution in [2.75, 3.05) is 18.8 Å². The molecule has 10 nitrogen and oxygen atoms in total. The summed E-state index contributed by atoms with van der Waals surface area (Å²) >= 11 is 9.52. The molecule has 48 heavy (non-hydrogen) atoms. The van der Waals surface area contributed by atoms with Gasteiger partial charge in [-0.15, -0.1) is 58.0 Å². The first-order valence-corrected chi connectivity index (χ1v) is 20.4. The average Bonchev–Trinajstić information content (AvgIpc) is 3.61. The van der Waals surface area contributed by atoms with Crippen LogP contribution in [0.15, 0.2) is 57.3 Å². The van der Waals surface area contributed by atoms with Crippen molar-refractivity contribution in [2.45, 2.75) is 46.2 Å². The average molecular weight is 859 g/mol. The van der Waals surface area contributed by atoms with Gasteiger partial charge in [-0.05, 0) is 84.2 Å². The molecule has 254 valence electrons. The van der Waals surface area contributed by atoms with Crippen LogP contribution in [0, 0.1) is 10.5 Å². The third-order valence-corrected chi connectivity index (χ3v) is 11.6. The van der Waals surface area contributed by atoms with Crippen molar-refractivity contribution in [3.63, 3.8) is 0 Å². The number of fused-ring (bicyclic) bond motifs is 2. The smallest absolute Gasteiger partial charge is 0.350 e. The van der Waals surface area contributed by atoms with Crippen LogP contribution in [0.3, 0.4) is 0 Å². The van der Waals surface area contributed by atoms with Crippen LogP contribution in [0.4, 0.5) is 0 Å². The summed E-state index contributed by atoms with van der Waals surface area (Å²) in [5.41, 5.74) is 4.59. The largest absolute Gasteiger partial charge is 0.419 e. The van der Waals surface area contributed by atoms with Gasteiger partial charge in [0.05, 0.1) is 35.2 Å². The maximum absolute atomic E-state index is 12.3. The van der Waals surface area contributed by atoms with E-state index in [2.05, 4.69) is 44.7 Å². The van der Waals surface area contributed by atoms with E-state index in [1.165, 1.54) is 71.3 Å². The van der Waals surface area contributed by atoms with Crippen molar-refractivity contribution in [3.05, 3.63) is 71.4 Å². The van der Waals surface area contributed by atoms with Gasteiger partial charge in [-0.3, -0.25) is 0 Å². The number of carbonyl (C=O) groups excluding carboxylic acids is 4. The van der Waals surface area contributed by atoms with E-state index in [-0.39, 0.29) is 11.1 Å². The lowest BCUT2D eigenvalue weighted by atomic mass is 10.1. The Bertz CT molecular complexity index is 1910. The molecule has 0 aliphatic carbocycles. The number of halogens is 1. The molecule has 2 aliphatic rings. The molecule has 2 aliphatic heterocycles. The Morgan fingerprint density at radius 2 is 1.27 bits per heavy atom. The Labute approximate surface area is 311 Å². The first kappa shape index (κ1) is 38.2. The summed E-state index contributed by atoms with van der Waals surface area (Å²) in [6.45, 7) is 8.06. The number of hydrogen-bond acceptors (Lipinski definition) is 15. The van der Waals surface area contributed by atoms with E-state index in [9.17, 15) is 19.2 Å². The summed E-state index contributed by atoms with van der Waals surface area (Å²) < 4.78 is 24.5. The van der Waals surface area contributed by atoms with E-state index in [0.29, 0.717) is 9.14 Å². The van der Waals surface area contributed by atoms with Crippen LogP contribution in [0.2, 0.25) is 0 Å². The van der Waals surface area contributed by atoms with Gasteiger partial charge in [0.1, 0.15) is 0 Å². The Kier molecular flexibility index (Phi) is 12.7. The maximum atomic E-state index is 12.3. The molecule has 0 atom stereocenters. The number of ether oxygens (including phenoxy) is 4. The highest BCUT2D eigenvalue weighted by Crippen LogP contribution is 2.37. The molecule has 0 bridgehead atoms. The number of nitrogens with zero attached hydrogens (tertiary/aromatic N) is 2. The molecule has 2 saturated heterocycles. The van der Waals surface area contributed by atoms with Gasteiger partial charge in [0, 0.05) is 36.2 Å². The number of aromatic nitrogens is 2. The maximum Gasteiger partial charge on any atom is 0.350 e. The number of hydrogen-bond donors (Lipinski definition) is 0. The van der Waals surface area contributed by atoms with Gasteiger partial charge in [0.2, 0.25) is 0 Å². The van der Waals surface area contributed by atoms with E-state index >= 15 is 0 Å². The molecule has 0 unspecified atom stereocenters. The van der Waals surface area contributed by atoms with Gasteiger partial charge in [-0.1, -0.05) is 6.07 Å². The van der Waals surface area contributed by atoms with Crippen LogP contribution < -0.4 is 0 Å². The van der Waals surface area contributed by atoms with Crippen molar-refractivity contribution in [1.82, 2.24) is 9.97 Å². The summed E-state index contributed by atoms with van der Waals surface area (Å²) in [6, 6.07) is 11.9. The number of esters is 4. The first-order chi connectivity index (χ1) is 22.6. The molecule has 16 heteroatoms. The Morgan fingerprint density at radius 1 is 0.729 bits per heavy atom. The third-order valence-electron chi connectivity index (χ3n) is 6.23. The number of thioether (sulfide) groups is 3. The van der Waals surface area contributed by atoms with E-state index in [0.717, 1.165) is 26.3 Å². The number of carbonyl (C=O) groups is 4. The third kappa shape index (κ3) is 9.32. The number of thiazole rings is 2. The lowest BCUT2D eigenvalue weighted by Gasteiger charge is -2.30. The Balaban J connectivity index is 0.000000178. The summed E-state index contributed by atoms with van der Waals surface area (Å²) in [5, 5.41) is 0.966. The molecule has 0 saturated carbocycles. The molecule has 0 spiro atoms. The molecule has 2 aromatic carbocycles. The van der Waals surface area contributed by atoms with Crippen molar-refractivity contribution in [1.29, 1.82) is 0 Å². The highest BCUT2D eigenvalue weighted by Gasteiger charge is 2.42. The fraction of sp³-hybridized carbons (Fsp3) is 0.312. The van der Waals surface area contributed by atoms with E-state index < -0.39 is 35.5 Å². The minimum absolute atomic E-state index is 0.00525. The summed E-state index contributed by atoms with van der Waals surface area (Å²) in [5.74, 6) is -4.95. The topological polar surface area (TPSA) is 131 Å². The molecule has 2 fully saturated rings. The molecular weight excluding hydrogens is 828 g/mol. The SMILES string of the molecule is CSC(=C1C(=O)OC(C)(C)OC1=O)c1ccc2nc(C)sc2c1.CSC(SC)=C1C(=O)OC(C)(C)OC1=O.Ic1ccc2ncsc2c1. The zero-order valence-corrected chi connectivity index (χ0v) is 33.4. The highest BCUT2D eigenvalue weighted by molar-refractivity contribution is 14.1. The first-order valence-electron chi connectivity index (χ1n) is 14.0. The van der Waals surface area contributed by atoms with Gasteiger partial charge in [0.15, 0.2) is 11.1 Å². The molecule has 2 aromatic heterocycles. The second kappa shape index (κ2) is 15.9. The summed E-state index contributed by atoms with van der Waals surface area (Å²) in [7, 11) is 0. The van der Waals surface area contributed by atoms with Gasteiger partial charge >= 0.3 is 23.9 Å². The normalized spacial score (nSPS) is 16.5. The van der Waals surface area contributed by atoms with Crippen LogP contribution in [-0.4, -0.2) is 64.2 Å². The number of aryl methyl sites for hydroxylation is 1. The van der Waals surface area contributed by atoms with Crippen LogP contribution in [0.1, 0.15) is 38.3 Å². The quantitative estimate of drug-likeness (QED) is 0.0847. The van der Waals surface area contributed by atoms with Gasteiger partial charge in [0.25, 0.3) is 11.6 Å². The Morgan fingerprint density at radius 3 is 1.81 bits per heavy atom. The molecule has 4 aromatic rings. The Hall–Kier alpha value is -2.64. The van der Waals surface area contributed by atoms with E-state index in [4.69, 9.17) is 18.9 Å². The molecular formula is C32H31IN2O8S5. The molecule has 0 amide bonds. The minimum Gasteiger partial charge on any atom is -0.419 e. The van der Waals surface area contributed by atoms with Crippen LogP contribution >= 0.6 is 80.6 Å². The molecule has 0 radical (unpaired) electrons. The van der Waals surface area contributed by atoms with Crippen molar-refractivity contribution < 1.29 is 38.1 Å². The number of cyclic esters (lactones) is 4. The standard InChI is InChI=1S/C16H15NO4S2.C9H12O4S2.C7H4INS/c1-8-17-10-6-5-9(7-11(10)23-8)13(22-4)12-14(18)20-16(2,3)21-15(12)19;1-9(2)12-6(10)5(7(11)13-9)8(14-3)15-4;8-5-1-2-6-7(3-5)10-4-9-6/h5-7H,1-4H3;1-4H3;1-4H. The summed E-state index contributed by atoms with van der Waals surface area (Å²) in [6.07, 6.45) is 5.39. The van der Waals surface area contributed by atoms with E-state index in [1.807, 2.05) is 43.0 Å². The predicted molar refractivity (Wildman–Crippen MR) is 204 cm³/mol. The number of rotatable bonds is 4. The fourth-order valence-corrected chi connectivity index (χ4v) is 8.75. The van der Waals surface area contributed by atoms with Crippen molar-refractivity contribution in [2.24, 2.45) is 0 Å². The molecule has 4 heterocycles. The predicted octanol–water partition coefficient (Wildman–Crippen LogP) is 8.18. The van der Waals surface area contributed by atoms with Crippen molar-refractivity contribution >= 4 is 130 Å². The minimum atomic E-state index is -1.24. The highest BCUT2D eigenvalue weighted by atomic mass is 127. The molecule has 6 rings (SSSR count). The second-order valence-corrected chi connectivity index (χ2v) is 16.8. The fourth-order valence-electron chi connectivity index (χ4n) is 4.32. The van der Waals surface area contributed by atoms with Crippen LogP contribution in [0.25, 0.3) is 25.3 Å². The lowest BCUT2D eigenvalue weighted by molar-refractivity contribution is -0.224. The molecule has 0 N–H and O–H groups in total. The van der Waals surface area contributed by atoms with Crippen molar-refractivity contribution in [3.8, 4) is 0 Å². The second-order valence-electron chi connectivity index (χ2n) is 10.7. The monoisotopic (exact) mass is 858 g/mol. The zero-order chi connectivity index (χ0) is 35.4. The van der Waals surface area contributed by atoms with Gasteiger partial charge in [-0.2, -0.15) is 0 Å². The van der Waals surface area contributed by atoms with Crippen LogP contribution in [-0.2, 0) is 38.1 Å². The lowest BCUT2D eigenvalue weighted by Crippen LogP contribution is -2.42. The van der Waals surface area contributed by atoms with E-state index in [1.54, 1.807) is 35.2 Å². The van der Waals surface area contributed by atoms with Gasteiger partial charge < -0.3 is 18.9 Å². The van der Waals surface area contributed by atoms with Crippen LogP contribution in [0.5, 0.6) is 0 Å².